The third-order valence-corrected chi connectivity index (χ3v) is 1.62. The van der Waals surface area contributed by atoms with E-state index in [1.165, 1.54) is 20.3 Å². The second-order valence-corrected chi connectivity index (χ2v) is 2.33. The lowest BCUT2D eigenvalue weighted by atomic mass is 10.2. The molecule has 0 aliphatic heterocycles. The molecule has 1 radical (unpaired) electrons. The third-order valence-electron chi connectivity index (χ3n) is 1.62. The Labute approximate surface area is 75.7 Å². The quantitative estimate of drug-likeness (QED) is 0.705. The maximum Gasteiger partial charge on any atom is 0.390 e. The molecule has 0 aliphatic rings. The van der Waals surface area contributed by atoms with Crippen LogP contribution in [0, 0.1) is 0 Å². The lowest BCUT2D eigenvalue weighted by Gasteiger charge is -2.08. The molecule has 0 aromatic heterocycles. The Morgan fingerprint density at radius 2 is 1.92 bits per heavy atom. The Morgan fingerprint density at radius 3 is 2.38 bits per heavy atom. The van der Waals surface area contributed by atoms with Crippen molar-refractivity contribution in [1.82, 2.24) is 0 Å². The molecular formula is C9H9O4. The van der Waals surface area contributed by atoms with Gasteiger partial charge in [0.25, 0.3) is 0 Å². The molecule has 0 saturated heterocycles. The van der Waals surface area contributed by atoms with Gasteiger partial charge in [-0.2, -0.15) is 0 Å². The summed E-state index contributed by atoms with van der Waals surface area (Å²) in [6, 6.07) is 4.58. The lowest BCUT2D eigenvalue weighted by Crippen LogP contribution is -2.00. The minimum Gasteiger partial charge on any atom is -0.493 e. The molecule has 0 fully saturated rings. The van der Waals surface area contributed by atoms with Gasteiger partial charge in [0.1, 0.15) is 5.56 Å². The number of methoxy groups -OCH3 is 2. The van der Waals surface area contributed by atoms with Crippen molar-refractivity contribution in [1.29, 1.82) is 0 Å². The number of benzene rings is 1. The Morgan fingerprint density at radius 1 is 1.23 bits per heavy atom. The van der Waals surface area contributed by atoms with E-state index in [0.717, 1.165) is 0 Å². The van der Waals surface area contributed by atoms with Gasteiger partial charge >= 0.3 is 5.97 Å². The molecule has 0 spiro atoms. The van der Waals surface area contributed by atoms with Gasteiger partial charge in [-0.25, -0.2) is 9.90 Å². The van der Waals surface area contributed by atoms with Crippen LogP contribution in [0.25, 0.3) is 0 Å². The molecule has 0 N–H and O–H groups in total. The summed E-state index contributed by atoms with van der Waals surface area (Å²) in [5.74, 6) is -0.718. The molecule has 1 aromatic carbocycles. The van der Waals surface area contributed by atoms with Gasteiger partial charge in [-0.3, -0.25) is 0 Å². The van der Waals surface area contributed by atoms with Gasteiger partial charge in [0.15, 0.2) is 11.5 Å². The molecule has 0 bridgehead atoms. The second-order valence-electron chi connectivity index (χ2n) is 2.33. The maximum absolute atomic E-state index is 10.6. The summed E-state index contributed by atoms with van der Waals surface area (Å²) in [6.07, 6.45) is 0. The molecule has 0 heterocycles. The Hall–Kier alpha value is -1.71. The lowest BCUT2D eigenvalue weighted by molar-refractivity contribution is 0.0569. The summed E-state index contributed by atoms with van der Waals surface area (Å²) in [5, 5.41) is 10.6. The zero-order valence-electron chi connectivity index (χ0n) is 7.37. The Bertz CT molecular complexity index is 319. The highest BCUT2D eigenvalue weighted by Gasteiger charge is 2.15. The van der Waals surface area contributed by atoms with Crippen LogP contribution in [0.15, 0.2) is 18.2 Å². The highest BCUT2D eigenvalue weighted by Crippen LogP contribution is 2.30. The molecule has 1 rings (SSSR count). The largest absolute Gasteiger partial charge is 0.493 e. The molecule has 4 heteroatoms. The fraction of sp³-hybridized carbons (Fsp3) is 0.222. The average molecular weight is 181 g/mol. The summed E-state index contributed by atoms with van der Waals surface area (Å²) >= 11 is 0. The standard InChI is InChI=1S/C9H9O4/c1-12-7-5-3-4-6(9(10)11)8(7)13-2/h3-5H,1-2H3. The number of ether oxygens (including phenoxy) is 2. The van der Waals surface area contributed by atoms with Crippen LogP contribution in [-0.2, 0) is 5.11 Å². The van der Waals surface area contributed by atoms with Gasteiger partial charge in [0.05, 0.1) is 14.2 Å². The maximum atomic E-state index is 10.6. The summed E-state index contributed by atoms with van der Waals surface area (Å²) in [5.41, 5.74) is -0.0122. The monoisotopic (exact) mass is 181 g/mol. The molecule has 0 amide bonds. The number of para-hydroxylation sites is 1. The average Bonchev–Trinajstić information content (AvgIpc) is 2.16. The van der Waals surface area contributed by atoms with Crippen LogP contribution in [0.5, 0.6) is 11.5 Å². The number of hydrogen-bond acceptors (Lipinski definition) is 3. The van der Waals surface area contributed by atoms with E-state index in [4.69, 9.17) is 9.47 Å². The van der Waals surface area contributed by atoms with Gasteiger partial charge < -0.3 is 9.47 Å². The van der Waals surface area contributed by atoms with Crippen LogP contribution in [0.1, 0.15) is 10.4 Å². The van der Waals surface area contributed by atoms with Crippen molar-refractivity contribution in [3.8, 4) is 11.5 Å². The summed E-state index contributed by atoms with van der Waals surface area (Å²) in [7, 11) is 2.82. The van der Waals surface area contributed by atoms with Crippen LogP contribution in [-0.4, -0.2) is 20.2 Å². The van der Waals surface area contributed by atoms with E-state index in [1.54, 1.807) is 12.1 Å². The first kappa shape index (κ1) is 9.38. The summed E-state index contributed by atoms with van der Waals surface area (Å²) in [6.45, 7) is 0. The number of carbonyl (C=O) groups is 1. The molecule has 4 nitrogen and oxygen atoms in total. The fourth-order valence-electron chi connectivity index (χ4n) is 1.05. The van der Waals surface area contributed by atoms with Crippen LogP contribution >= 0.6 is 0 Å². The van der Waals surface area contributed by atoms with Crippen molar-refractivity contribution in [2.45, 2.75) is 0 Å². The van der Waals surface area contributed by atoms with E-state index in [1.807, 2.05) is 0 Å². The van der Waals surface area contributed by atoms with E-state index in [-0.39, 0.29) is 11.3 Å². The molecule has 13 heavy (non-hydrogen) atoms. The predicted molar refractivity (Wildman–Crippen MR) is 44.6 cm³/mol. The van der Waals surface area contributed by atoms with Crippen LogP contribution in [0.3, 0.4) is 0 Å². The molecular weight excluding hydrogens is 172 g/mol. The van der Waals surface area contributed by atoms with E-state index >= 15 is 0 Å². The molecule has 0 aliphatic carbocycles. The minimum atomic E-state index is -1.28. The van der Waals surface area contributed by atoms with Gasteiger partial charge in [-0.05, 0) is 12.1 Å². The van der Waals surface area contributed by atoms with Crippen molar-refractivity contribution >= 4 is 5.97 Å². The van der Waals surface area contributed by atoms with E-state index in [0.29, 0.717) is 5.75 Å². The Kier molecular flexibility index (Phi) is 2.74. The third kappa shape index (κ3) is 1.72. The van der Waals surface area contributed by atoms with E-state index < -0.39 is 5.97 Å². The van der Waals surface area contributed by atoms with Crippen molar-refractivity contribution in [3.63, 3.8) is 0 Å². The minimum absolute atomic E-state index is 0.0122. The molecule has 0 atom stereocenters. The van der Waals surface area contributed by atoms with E-state index in [9.17, 15) is 9.90 Å². The van der Waals surface area contributed by atoms with Crippen molar-refractivity contribution < 1.29 is 19.4 Å². The normalized spacial score (nSPS) is 9.38. The van der Waals surface area contributed by atoms with Gasteiger partial charge in [-0.1, -0.05) is 6.07 Å². The van der Waals surface area contributed by atoms with Crippen LogP contribution in [0.2, 0.25) is 0 Å². The highest BCUT2D eigenvalue weighted by atomic mass is 16.5. The smallest absolute Gasteiger partial charge is 0.390 e. The number of hydrogen-bond donors (Lipinski definition) is 0. The predicted octanol–water partition coefficient (Wildman–Crippen LogP) is 1.27. The molecule has 0 saturated carbocycles. The highest BCUT2D eigenvalue weighted by molar-refractivity contribution is 5.91. The topological polar surface area (TPSA) is 55.4 Å². The zero-order chi connectivity index (χ0) is 9.84. The first-order valence-electron chi connectivity index (χ1n) is 3.63. The van der Waals surface area contributed by atoms with Crippen molar-refractivity contribution in [3.05, 3.63) is 23.8 Å². The number of carbonyl (C=O) groups excluding carboxylic acids is 1. The summed E-state index contributed by atoms with van der Waals surface area (Å²) in [4.78, 5) is 10.6. The first-order valence-corrected chi connectivity index (χ1v) is 3.63. The first-order chi connectivity index (χ1) is 6.20. The summed E-state index contributed by atoms with van der Waals surface area (Å²) < 4.78 is 9.79. The van der Waals surface area contributed by atoms with Gasteiger partial charge in [-0.15, -0.1) is 0 Å². The SMILES string of the molecule is COc1cccc(C([O])=O)c1OC. The Balaban J connectivity index is 3.27. The van der Waals surface area contributed by atoms with Crippen LogP contribution in [0.4, 0.5) is 0 Å². The molecule has 1 aromatic rings. The molecule has 0 unspecified atom stereocenters. The van der Waals surface area contributed by atoms with Crippen LogP contribution < -0.4 is 9.47 Å². The zero-order valence-corrected chi connectivity index (χ0v) is 7.37. The molecule has 69 valence electrons. The van der Waals surface area contributed by atoms with Gasteiger partial charge in [0, 0.05) is 0 Å². The second kappa shape index (κ2) is 3.80. The fourth-order valence-corrected chi connectivity index (χ4v) is 1.05. The van der Waals surface area contributed by atoms with E-state index in [2.05, 4.69) is 0 Å². The van der Waals surface area contributed by atoms with Crippen molar-refractivity contribution in [2.24, 2.45) is 0 Å². The number of rotatable bonds is 3. The van der Waals surface area contributed by atoms with Crippen molar-refractivity contribution in [2.75, 3.05) is 14.2 Å². The van der Waals surface area contributed by atoms with Gasteiger partial charge in [0.2, 0.25) is 0 Å².